The van der Waals surface area contributed by atoms with Crippen molar-refractivity contribution in [3.8, 4) is 0 Å². The van der Waals surface area contributed by atoms with Crippen LogP contribution in [0.25, 0.3) is 16.3 Å². The number of hydrogen-bond acceptors (Lipinski definition) is 2. The van der Waals surface area contributed by atoms with Crippen molar-refractivity contribution in [1.29, 1.82) is 0 Å². The fraction of sp³-hybridized carbons (Fsp3) is 0.105. The number of allylic oxidation sites excluding steroid dienone is 1. The fourth-order valence-corrected chi connectivity index (χ4v) is 3.00. The lowest BCUT2D eigenvalue weighted by Gasteiger charge is -2.19. The van der Waals surface area contributed by atoms with Gasteiger partial charge in [-0.1, -0.05) is 48.5 Å². The predicted molar refractivity (Wildman–Crippen MR) is 88.4 cm³/mol. The van der Waals surface area contributed by atoms with Crippen LogP contribution in [0.5, 0.6) is 0 Å². The normalized spacial score (nSPS) is 13.4. The molecule has 0 aliphatic carbocycles. The van der Waals surface area contributed by atoms with Gasteiger partial charge in [-0.15, -0.1) is 0 Å². The molecule has 2 heteroatoms. The second-order valence-corrected chi connectivity index (χ2v) is 5.35. The predicted octanol–water partition coefficient (Wildman–Crippen LogP) is 4.29. The van der Waals surface area contributed by atoms with Crippen molar-refractivity contribution in [2.24, 2.45) is 0 Å². The molecule has 2 heterocycles. The number of fused-ring (bicyclic) bond motifs is 2. The maximum atomic E-state index is 4.39. The van der Waals surface area contributed by atoms with Gasteiger partial charge in [-0.2, -0.15) is 0 Å². The van der Waals surface area contributed by atoms with E-state index in [0.29, 0.717) is 0 Å². The van der Waals surface area contributed by atoms with Crippen LogP contribution in [0.3, 0.4) is 0 Å². The summed E-state index contributed by atoms with van der Waals surface area (Å²) in [4.78, 5) is 4.39. The van der Waals surface area contributed by atoms with Crippen LogP contribution < -0.4 is 5.32 Å². The van der Waals surface area contributed by atoms with Gasteiger partial charge in [0.2, 0.25) is 0 Å². The highest BCUT2D eigenvalue weighted by Crippen LogP contribution is 2.31. The summed E-state index contributed by atoms with van der Waals surface area (Å²) >= 11 is 0. The van der Waals surface area contributed by atoms with E-state index in [1.54, 1.807) is 0 Å². The molecule has 1 aromatic heterocycles. The van der Waals surface area contributed by atoms with Crippen LogP contribution in [0.4, 0.5) is 5.69 Å². The van der Waals surface area contributed by atoms with E-state index in [9.17, 15) is 0 Å². The molecule has 21 heavy (non-hydrogen) atoms. The molecule has 4 rings (SSSR count). The number of nitrogens with one attached hydrogen (secondary N) is 1. The number of para-hydroxylation sites is 1. The number of anilines is 1. The van der Waals surface area contributed by atoms with Gasteiger partial charge in [0.1, 0.15) is 0 Å². The molecule has 0 amide bonds. The molecule has 1 aliphatic rings. The minimum absolute atomic E-state index is 0.893. The van der Waals surface area contributed by atoms with Gasteiger partial charge < -0.3 is 5.32 Å². The molecule has 0 saturated heterocycles. The van der Waals surface area contributed by atoms with Gasteiger partial charge in [0.25, 0.3) is 0 Å². The first-order valence-corrected chi connectivity index (χ1v) is 7.26. The molecule has 1 N–H and O–H groups in total. The third-order valence-electron chi connectivity index (χ3n) is 4.05. The SMILES string of the molecule is C1=C(Cc2cncc3ccccc23)c2ccccc2NC1. The number of aromatic nitrogens is 1. The van der Waals surface area contributed by atoms with E-state index < -0.39 is 0 Å². The van der Waals surface area contributed by atoms with Crippen LogP contribution in [0.15, 0.2) is 67.0 Å². The molecule has 3 aromatic rings. The van der Waals surface area contributed by atoms with E-state index >= 15 is 0 Å². The van der Waals surface area contributed by atoms with Crippen LogP contribution in [-0.4, -0.2) is 11.5 Å². The van der Waals surface area contributed by atoms with Crippen molar-refractivity contribution in [3.05, 3.63) is 78.1 Å². The quantitative estimate of drug-likeness (QED) is 0.753. The Morgan fingerprint density at radius 3 is 2.81 bits per heavy atom. The van der Waals surface area contributed by atoms with Crippen molar-refractivity contribution in [3.63, 3.8) is 0 Å². The first-order valence-electron chi connectivity index (χ1n) is 7.26. The number of rotatable bonds is 2. The van der Waals surface area contributed by atoms with Gasteiger partial charge in [-0.3, -0.25) is 4.98 Å². The van der Waals surface area contributed by atoms with Gasteiger partial charge in [-0.05, 0) is 29.0 Å². The van der Waals surface area contributed by atoms with Gasteiger partial charge in [0.05, 0.1) is 0 Å². The third kappa shape index (κ3) is 2.19. The molecule has 1 aliphatic heterocycles. The molecule has 0 bridgehead atoms. The molecule has 0 unspecified atom stereocenters. The molecule has 2 nitrogen and oxygen atoms in total. The number of benzene rings is 2. The monoisotopic (exact) mass is 272 g/mol. The highest BCUT2D eigenvalue weighted by Gasteiger charge is 2.13. The summed E-state index contributed by atoms with van der Waals surface area (Å²) in [6, 6.07) is 17.0. The van der Waals surface area contributed by atoms with Crippen molar-refractivity contribution in [2.45, 2.75) is 6.42 Å². The summed E-state index contributed by atoms with van der Waals surface area (Å²) in [6.45, 7) is 0.893. The van der Waals surface area contributed by atoms with Gasteiger partial charge in [0, 0.05) is 35.6 Å². The number of hydrogen-bond donors (Lipinski definition) is 1. The lowest BCUT2D eigenvalue weighted by molar-refractivity contribution is 1.19. The van der Waals surface area contributed by atoms with Gasteiger partial charge in [0.15, 0.2) is 0 Å². The van der Waals surface area contributed by atoms with Crippen molar-refractivity contribution in [2.75, 3.05) is 11.9 Å². The first kappa shape index (κ1) is 12.2. The van der Waals surface area contributed by atoms with Crippen LogP contribution in [-0.2, 0) is 6.42 Å². The molecule has 0 radical (unpaired) electrons. The summed E-state index contributed by atoms with van der Waals surface area (Å²) in [6.07, 6.45) is 7.13. The lowest BCUT2D eigenvalue weighted by Crippen LogP contribution is -2.09. The van der Waals surface area contributed by atoms with E-state index in [2.05, 4.69) is 64.9 Å². The molecule has 2 aromatic carbocycles. The van der Waals surface area contributed by atoms with Crippen LogP contribution in [0, 0.1) is 0 Å². The highest BCUT2D eigenvalue weighted by molar-refractivity contribution is 5.88. The van der Waals surface area contributed by atoms with Gasteiger partial charge >= 0.3 is 0 Å². The highest BCUT2D eigenvalue weighted by atomic mass is 14.9. The van der Waals surface area contributed by atoms with Crippen molar-refractivity contribution in [1.82, 2.24) is 4.98 Å². The first-order chi connectivity index (χ1) is 10.4. The Morgan fingerprint density at radius 1 is 0.952 bits per heavy atom. The van der Waals surface area contributed by atoms with Crippen LogP contribution in [0.2, 0.25) is 0 Å². The smallest absolute Gasteiger partial charge is 0.0419 e. The minimum atomic E-state index is 0.893. The molecule has 102 valence electrons. The molecule has 0 fully saturated rings. The maximum absolute atomic E-state index is 4.39. The Kier molecular flexibility index (Phi) is 2.93. The molecular formula is C19H16N2. The van der Waals surface area contributed by atoms with E-state index in [4.69, 9.17) is 0 Å². The zero-order valence-electron chi connectivity index (χ0n) is 11.7. The van der Waals surface area contributed by atoms with E-state index in [1.807, 2.05) is 12.4 Å². The van der Waals surface area contributed by atoms with Crippen LogP contribution >= 0.6 is 0 Å². The second kappa shape index (κ2) is 5.06. The Bertz CT molecular complexity index is 828. The standard InChI is InChI=1S/C19H16N2/c1-2-6-17-15(5-1)12-20-13-16(17)11-14-9-10-21-19-8-4-3-7-18(14)19/h1-9,12-13,21H,10-11H2. The lowest BCUT2D eigenvalue weighted by atomic mass is 9.93. The summed E-state index contributed by atoms with van der Waals surface area (Å²) in [5, 5.41) is 5.93. The van der Waals surface area contributed by atoms with E-state index in [1.165, 1.54) is 33.2 Å². The topological polar surface area (TPSA) is 24.9 Å². The van der Waals surface area contributed by atoms with Crippen molar-refractivity contribution < 1.29 is 0 Å². The Hall–Kier alpha value is -2.61. The Morgan fingerprint density at radius 2 is 1.81 bits per heavy atom. The fourth-order valence-electron chi connectivity index (χ4n) is 3.00. The zero-order valence-corrected chi connectivity index (χ0v) is 11.7. The second-order valence-electron chi connectivity index (χ2n) is 5.35. The largest absolute Gasteiger partial charge is 0.381 e. The summed E-state index contributed by atoms with van der Waals surface area (Å²) < 4.78 is 0. The average molecular weight is 272 g/mol. The summed E-state index contributed by atoms with van der Waals surface area (Å²) in [7, 11) is 0. The third-order valence-corrected chi connectivity index (χ3v) is 4.05. The summed E-state index contributed by atoms with van der Waals surface area (Å²) in [5.74, 6) is 0. The average Bonchev–Trinajstić information content (AvgIpc) is 2.56. The number of nitrogens with zero attached hydrogens (tertiary/aromatic N) is 1. The molecule has 0 saturated carbocycles. The Balaban J connectivity index is 1.77. The Labute approximate surface area is 124 Å². The maximum Gasteiger partial charge on any atom is 0.0419 e. The number of pyridine rings is 1. The van der Waals surface area contributed by atoms with Crippen LogP contribution in [0.1, 0.15) is 11.1 Å². The molecule has 0 spiro atoms. The van der Waals surface area contributed by atoms with Gasteiger partial charge in [-0.25, -0.2) is 0 Å². The molecule has 0 atom stereocenters. The van der Waals surface area contributed by atoms with E-state index in [0.717, 1.165) is 13.0 Å². The minimum Gasteiger partial charge on any atom is -0.381 e. The summed E-state index contributed by atoms with van der Waals surface area (Å²) in [5.41, 5.74) is 5.19. The van der Waals surface area contributed by atoms with E-state index in [-0.39, 0.29) is 0 Å². The zero-order chi connectivity index (χ0) is 14.1. The van der Waals surface area contributed by atoms with Crippen molar-refractivity contribution >= 4 is 22.0 Å². The molecular weight excluding hydrogens is 256 g/mol.